The summed E-state index contributed by atoms with van der Waals surface area (Å²) in [6.45, 7) is 2.59. The molecule has 0 aliphatic carbocycles. The highest BCUT2D eigenvalue weighted by molar-refractivity contribution is 5.59. The molecule has 2 heterocycles. The van der Waals surface area contributed by atoms with Gasteiger partial charge < -0.3 is 9.26 Å². The Bertz CT molecular complexity index is 1010. The average molecular weight is 347 g/mol. The molecule has 2 aromatic carbocycles. The van der Waals surface area contributed by atoms with Gasteiger partial charge in [-0.1, -0.05) is 40.7 Å². The lowest BCUT2D eigenvalue weighted by Crippen LogP contribution is -2.03. The van der Waals surface area contributed by atoms with Crippen LogP contribution in [0.25, 0.3) is 23.0 Å². The first-order chi connectivity index (χ1) is 12.7. The lowest BCUT2D eigenvalue weighted by Gasteiger charge is -2.02. The van der Waals surface area contributed by atoms with Crippen LogP contribution >= 0.6 is 0 Å². The largest absolute Gasteiger partial charge is 0.497 e. The molecule has 0 atom stereocenters. The predicted molar refractivity (Wildman–Crippen MR) is 95.6 cm³/mol. The molecule has 0 aliphatic rings. The van der Waals surface area contributed by atoms with E-state index in [2.05, 4.69) is 32.6 Å². The first-order valence-corrected chi connectivity index (χ1v) is 8.17. The third-order valence-electron chi connectivity index (χ3n) is 4.13. The lowest BCUT2D eigenvalue weighted by molar-refractivity contribution is 0.414. The number of hydrogen-bond donors (Lipinski definition) is 0. The van der Waals surface area contributed by atoms with E-state index in [9.17, 15) is 0 Å². The SMILES string of the molecule is COc1ccc(-c2nc(-c3nnn(Cc4ccccc4)c3C)no2)cc1. The van der Waals surface area contributed by atoms with Gasteiger partial charge in [-0.3, -0.25) is 0 Å². The minimum atomic E-state index is 0.424. The third kappa shape index (κ3) is 3.06. The molecule has 0 bridgehead atoms. The fourth-order valence-electron chi connectivity index (χ4n) is 2.64. The van der Waals surface area contributed by atoms with Crippen molar-refractivity contribution in [2.24, 2.45) is 0 Å². The zero-order valence-electron chi connectivity index (χ0n) is 14.5. The summed E-state index contributed by atoms with van der Waals surface area (Å²) < 4.78 is 12.4. The second-order valence-corrected chi connectivity index (χ2v) is 5.82. The Kier molecular flexibility index (Phi) is 4.18. The van der Waals surface area contributed by atoms with Crippen LogP contribution in [0.4, 0.5) is 0 Å². The Labute approximate surface area is 150 Å². The van der Waals surface area contributed by atoms with E-state index in [0.717, 1.165) is 22.6 Å². The summed E-state index contributed by atoms with van der Waals surface area (Å²) >= 11 is 0. The van der Waals surface area contributed by atoms with E-state index in [1.807, 2.05) is 54.1 Å². The molecular weight excluding hydrogens is 330 g/mol. The molecule has 2 aromatic heterocycles. The molecule has 4 rings (SSSR count). The van der Waals surface area contributed by atoms with E-state index in [1.165, 1.54) is 0 Å². The Morgan fingerprint density at radius 3 is 2.54 bits per heavy atom. The van der Waals surface area contributed by atoms with Crippen LogP contribution in [0.15, 0.2) is 59.1 Å². The maximum atomic E-state index is 5.38. The number of rotatable bonds is 5. The molecule has 0 N–H and O–H groups in total. The van der Waals surface area contributed by atoms with Gasteiger partial charge in [0.15, 0.2) is 5.69 Å². The summed E-state index contributed by atoms with van der Waals surface area (Å²) in [5.41, 5.74) is 3.47. The van der Waals surface area contributed by atoms with E-state index in [-0.39, 0.29) is 0 Å². The second kappa shape index (κ2) is 6.79. The Balaban J connectivity index is 1.59. The van der Waals surface area contributed by atoms with Gasteiger partial charge in [-0.05, 0) is 36.8 Å². The molecule has 0 saturated carbocycles. The molecule has 130 valence electrons. The zero-order chi connectivity index (χ0) is 17.9. The molecule has 7 heteroatoms. The van der Waals surface area contributed by atoms with Crippen molar-refractivity contribution in [3.63, 3.8) is 0 Å². The highest BCUT2D eigenvalue weighted by Gasteiger charge is 2.18. The third-order valence-corrected chi connectivity index (χ3v) is 4.13. The van der Waals surface area contributed by atoms with Gasteiger partial charge in [0.05, 0.1) is 19.3 Å². The summed E-state index contributed by atoms with van der Waals surface area (Å²) in [5, 5.41) is 12.5. The highest BCUT2D eigenvalue weighted by atomic mass is 16.5. The quantitative estimate of drug-likeness (QED) is 0.551. The standard InChI is InChI=1S/C19H17N5O2/c1-13-17(21-23-24(13)12-14-6-4-3-5-7-14)18-20-19(26-22-18)15-8-10-16(25-2)11-9-15/h3-11H,12H2,1-2H3. The van der Waals surface area contributed by atoms with Crippen LogP contribution in [0.1, 0.15) is 11.3 Å². The van der Waals surface area contributed by atoms with Gasteiger partial charge >= 0.3 is 0 Å². The first-order valence-electron chi connectivity index (χ1n) is 8.17. The smallest absolute Gasteiger partial charge is 0.258 e. The van der Waals surface area contributed by atoms with Crippen molar-refractivity contribution >= 4 is 0 Å². The fraction of sp³-hybridized carbons (Fsp3) is 0.158. The van der Waals surface area contributed by atoms with E-state index in [1.54, 1.807) is 7.11 Å². The summed E-state index contributed by atoms with van der Waals surface area (Å²) in [7, 11) is 1.63. The number of nitrogens with zero attached hydrogens (tertiary/aromatic N) is 5. The van der Waals surface area contributed by atoms with Crippen LogP contribution in [0, 0.1) is 6.92 Å². The molecular formula is C19H17N5O2. The van der Waals surface area contributed by atoms with Gasteiger partial charge in [0.1, 0.15) is 5.75 Å². The van der Waals surface area contributed by atoms with Crippen LogP contribution in [-0.4, -0.2) is 32.2 Å². The molecule has 26 heavy (non-hydrogen) atoms. The Morgan fingerprint density at radius 1 is 1.04 bits per heavy atom. The van der Waals surface area contributed by atoms with Gasteiger partial charge in [-0.15, -0.1) is 5.10 Å². The van der Waals surface area contributed by atoms with E-state index in [0.29, 0.717) is 24.0 Å². The van der Waals surface area contributed by atoms with Gasteiger partial charge in [0.2, 0.25) is 5.82 Å². The number of aromatic nitrogens is 5. The maximum absolute atomic E-state index is 5.38. The van der Waals surface area contributed by atoms with Gasteiger partial charge in [-0.25, -0.2) is 4.68 Å². The van der Waals surface area contributed by atoms with Crippen LogP contribution in [0.3, 0.4) is 0 Å². The molecule has 0 saturated heterocycles. The number of hydrogen-bond acceptors (Lipinski definition) is 6. The van der Waals surface area contributed by atoms with Crippen molar-refractivity contribution in [2.45, 2.75) is 13.5 Å². The number of methoxy groups -OCH3 is 1. The molecule has 0 radical (unpaired) electrons. The monoisotopic (exact) mass is 347 g/mol. The van der Waals surface area contributed by atoms with Crippen LogP contribution < -0.4 is 4.74 Å². The van der Waals surface area contributed by atoms with E-state index in [4.69, 9.17) is 9.26 Å². The average Bonchev–Trinajstić information content (AvgIpc) is 3.30. The predicted octanol–water partition coefficient (Wildman–Crippen LogP) is 3.36. The van der Waals surface area contributed by atoms with Crippen molar-refractivity contribution in [3.05, 3.63) is 65.9 Å². The highest BCUT2D eigenvalue weighted by Crippen LogP contribution is 2.24. The first kappa shape index (κ1) is 16.0. The van der Waals surface area contributed by atoms with Crippen molar-refractivity contribution in [1.29, 1.82) is 0 Å². The summed E-state index contributed by atoms with van der Waals surface area (Å²) in [6, 6.07) is 17.5. The molecule has 0 spiro atoms. The molecule has 0 amide bonds. The van der Waals surface area contributed by atoms with Crippen molar-refractivity contribution < 1.29 is 9.26 Å². The van der Waals surface area contributed by atoms with Crippen LogP contribution in [-0.2, 0) is 6.54 Å². The lowest BCUT2D eigenvalue weighted by atomic mass is 10.2. The molecule has 7 nitrogen and oxygen atoms in total. The second-order valence-electron chi connectivity index (χ2n) is 5.82. The molecule has 4 aromatic rings. The molecule has 0 unspecified atom stereocenters. The van der Waals surface area contributed by atoms with Crippen molar-refractivity contribution in [2.75, 3.05) is 7.11 Å². The van der Waals surface area contributed by atoms with Crippen LogP contribution in [0.5, 0.6) is 5.75 Å². The van der Waals surface area contributed by atoms with E-state index >= 15 is 0 Å². The van der Waals surface area contributed by atoms with Gasteiger partial charge in [0.25, 0.3) is 5.89 Å². The number of ether oxygens (including phenoxy) is 1. The summed E-state index contributed by atoms with van der Waals surface area (Å²) in [4.78, 5) is 4.45. The minimum absolute atomic E-state index is 0.424. The van der Waals surface area contributed by atoms with E-state index < -0.39 is 0 Å². The number of benzene rings is 2. The minimum Gasteiger partial charge on any atom is -0.497 e. The van der Waals surface area contributed by atoms with Gasteiger partial charge in [0, 0.05) is 5.56 Å². The van der Waals surface area contributed by atoms with Crippen LogP contribution in [0.2, 0.25) is 0 Å². The fourth-order valence-corrected chi connectivity index (χ4v) is 2.64. The summed E-state index contributed by atoms with van der Waals surface area (Å²) in [5.74, 6) is 1.63. The van der Waals surface area contributed by atoms with Crippen molar-refractivity contribution in [1.82, 2.24) is 25.1 Å². The van der Waals surface area contributed by atoms with Crippen molar-refractivity contribution in [3.8, 4) is 28.7 Å². The zero-order valence-corrected chi connectivity index (χ0v) is 14.5. The molecule has 0 aliphatic heterocycles. The molecule has 0 fully saturated rings. The Morgan fingerprint density at radius 2 is 1.81 bits per heavy atom. The summed E-state index contributed by atoms with van der Waals surface area (Å²) in [6.07, 6.45) is 0. The Hall–Kier alpha value is -3.48. The normalized spacial score (nSPS) is 10.8. The maximum Gasteiger partial charge on any atom is 0.258 e. The van der Waals surface area contributed by atoms with Gasteiger partial charge in [-0.2, -0.15) is 4.98 Å². The topological polar surface area (TPSA) is 78.9 Å².